The number of nitrogens with one attached hydrogen (secondary N) is 2. The second kappa shape index (κ2) is 10.4. The van der Waals surface area contributed by atoms with Crippen molar-refractivity contribution in [2.45, 2.75) is 13.8 Å². The van der Waals surface area contributed by atoms with Crippen LogP contribution in [0.4, 0.5) is 5.69 Å². The van der Waals surface area contributed by atoms with E-state index in [0.29, 0.717) is 24.5 Å². The molecule has 5 nitrogen and oxygen atoms in total. The summed E-state index contributed by atoms with van der Waals surface area (Å²) < 4.78 is 11.2. The fourth-order valence-electron chi connectivity index (χ4n) is 2.74. The number of thiocarbonyl (C=S) groups is 1. The Labute approximate surface area is 182 Å². The molecule has 3 rings (SSSR count). The van der Waals surface area contributed by atoms with E-state index in [-0.39, 0.29) is 11.0 Å². The van der Waals surface area contributed by atoms with Crippen molar-refractivity contribution in [2.24, 2.45) is 0 Å². The fraction of sp³-hybridized carbons (Fsp3) is 0.167. The van der Waals surface area contributed by atoms with Gasteiger partial charge in [0.15, 0.2) is 5.11 Å². The topological polar surface area (TPSA) is 59.6 Å². The SMILES string of the molecule is Cc1ccc(C)c(NC(=S)NC(=O)c2ccc(OCCOc3ccccc3)cc2)c1. The van der Waals surface area contributed by atoms with Crippen LogP contribution in [0, 0.1) is 13.8 Å². The smallest absolute Gasteiger partial charge is 0.257 e. The molecule has 0 radical (unpaired) electrons. The van der Waals surface area contributed by atoms with Crippen molar-refractivity contribution < 1.29 is 14.3 Å². The monoisotopic (exact) mass is 420 g/mol. The summed E-state index contributed by atoms with van der Waals surface area (Å²) >= 11 is 5.27. The highest BCUT2D eigenvalue weighted by Crippen LogP contribution is 2.16. The Morgan fingerprint density at radius 3 is 2.17 bits per heavy atom. The van der Waals surface area contributed by atoms with E-state index < -0.39 is 0 Å². The first-order chi connectivity index (χ1) is 14.5. The first kappa shape index (κ1) is 21.3. The third kappa shape index (κ3) is 6.32. The first-order valence-electron chi connectivity index (χ1n) is 9.61. The van der Waals surface area contributed by atoms with Crippen LogP contribution in [0.1, 0.15) is 21.5 Å². The number of aryl methyl sites for hydroxylation is 2. The van der Waals surface area contributed by atoms with Crippen molar-refractivity contribution >= 4 is 28.9 Å². The Morgan fingerprint density at radius 1 is 0.867 bits per heavy atom. The van der Waals surface area contributed by atoms with Gasteiger partial charge in [-0.05, 0) is 79.7 Å². The molecule has 0 saturated carbocycles. The number of hydrogen-bond donors (Lipinski definition) is 2. The number of benzene rings is 3. The van der Waals surface area contributed by atoms with E-state index in [4.69, 9.17) is 21.7 Å². The Morgan fingerprint density at radius 2 is 1.50 bits per heavy atom. The van der Waals surface area contributed by atoms with Crippen LogP contribution in [0.15, 0.2) is 72.8 Å². The molecule has 0 atom stereocenters. The Hall–Kier alpha value is -3.38. The van der Waals surface area contributed by atoms with Crippen molar-refractivity contribution in [1.82, 2.24) is 5.32 Å². The molecule has 0 aromatic heterocycles. The van der Waals surface area contributed by atoms with Gasteiger partial charge in [-0.1, -0.05) is 30.3 Å². The highest BCUT2D eigenvalue weighted by atomic mass is 32.1. The average molecular weight is 421 g/mol. The van der Waals surface area contributed by atoms with Crippen LogP contribution in [0.3, 0.4) is 0 Å². The van der Waals surface area contributed by atoms with Crippen LogP contribution in [-0.4, -0.2) is 24.2 Å². The standard InChI is InChI=1S/C24H24N2O3S/c1-17-8-9-18(2)22(16-17)25-24(30)26-23(27)19-10-12-21(13-11-19)29-15-14-28-20-6-4-3-5-7-20/h3-13,16H,14-15H2,1-2H3,(H2,25,26,27,30). The summed E-state index contributed by atoms with van der Waals surface area (Å²) in [4.78, 5) is 12.4. The minimum atomic E-state index is -0.281. The quantitative estimate of drug-likeness (QED) is 0.421. The fourth-order valence-corrected chi connectivity index (χ4v) is 2.94. The van der Waals surface area contributed by atoms with Crippen molar-refractivity contribution in [3.63, 3.8) is 0 Å². The maximum absolute atomic E-state index is 12.4. The summed E-state index contributed by atoms with van der Waals surface area (Å²) in [7, 11) is 0. The zero-order valence-electron chi connectivity index (χ0n) is 17.0. The zero-order chi connectivity index (χ0) is 21.3. The van der Waals surface area contributed by atoms with Gasteiger partial charge >= 0.3 is 0 Å². The van der Waals surface area contributed by atoms with E-state index in [0.717, 1.165) is 22.6 Å². The van der Waals surface area contributed by atoms with Gasteiger partial charge < -0.3 is 14.8 Å². The summed E-state index contributed by atoms with van der Waals surface area (Å²) in [5, 5.41) is 6.03. The second-order valence-electron chi connectivity index (χ2n) is 6.76. The Kier molecular flexibility index (Phi) is 7.40. The molecule has 0 unspecified atom stereocenters. The zero-order valence-corrected chi connectivity index (χ0v) is 17.8. The van der Waals surface area contributed by atoms with Gasteiger partial charge in [0.1, 0.15) is 24.7 Å². The molecular weight excluding hydrogens is 396 g/mol. The lowest BCUT2D eigenvalue weighted by Crippen LogP contribution is -2.34. The largest absolute Gasteiger partial charge is 0.490 e. The second-order valence-corrected chi connectivity index (χ2v) is 7.17. The van der Waals surface area contributed by atoms with Gasteiger partial charge in [-0.15, -0.1) is 0 Å². The van der Waals surface area contributed by atoms with Gasteiger partial charge in [0.05, 0.1) is 0 Å². The molecule has 2 N–H and O–H groups in total. The van der Waals surface area contributed by atoms with Crippen LogP contribution in [0.25, 0.3) is 0 Å². The van der Waals surface area contributed by atoms with E-state index in [9.17, 15) is 4.79 Å². The average Bonchev–Trinajstić information content (AvgIpc) is 2.75. The van der Waals surface area contributed by atoms with Crippen LogP contribution >= 0.6 is 12.2 Å². The number of anilines is 1. The molecule has 0 aliphatic heterocycles. The lowest BCUT2D eigenvalue weighted by atomic mass is 10.1. The summed E-state index contributed by atoms with van der Waals surface area (Å²) in [6.45, 7) is 4.83. The number of rotatable bonds is 7. The molecule has 3 aromatic rings. The molecule has 0 saturated heterocycles. The minimum Gasteiger partial charge on any atom is -0.490 e. The van der Waals surface area contributed by atoms with Crippen LogP contribution in [0.2, 0.25) is 0 Å². The van der Waals surface area contributed by atoms with Gasteiger partial charge in [0, 0.05) is 11.3 Å². The van der Waals surface area contributed by atoms with Gasteiger partial charge in [0.25, 0.3) is 5.91 Å². The van der Waals surface area contributed by atoms with Crippen molar-refractivity contribution in [2.75, 3.05) is 18.5 Å². The van der Waals surface area contributed by atoms with E-state index in [1.807, 2.05) is 62.4 Å². The van der Waals surface area contributed by atoms with Crippen molar-refractivity contribution in [3.05, 3.63) is 89.5 Å². The van der Waals surface area contributed by atoms with Gasteiger partial charge in [-0.25, -0.2) is 0 Å². The number of hydrogen-bond acceptors (Lipinski definition) is 4. The predicted molar refractivity (Wildman–Crippen MR) is 123 cm³/mol. The summed E-state index contributed by atoms with van der Waals surface area (Å²) in [6.07, 6.45) is 0. The molecular formula is C24H24N2O3S. The number of amides is 1. The van der Waals surface area contributed by atoms with Gasteiger partial charge in [-0.2, -0.15) is 0 Å². The third-order valence-electron chi connectivity index (χ3n) is 4.35. The molecule has 0 heterocycles. The minimum absolute atomic E-state index is 0.257. The highest BCUT2D eigenvalue weighted by Gasteiger charge is 2.09. The molecule has 30 heavy (non-hydrogen) atoms. The number of ether oxygens (including phenoxy) is 2. The number of carbonyl (C=O) groups excluding carboxylic acids is 1. The summed E-state index contributed by atoms with van der Waals surface area (Å²) in [6, 6.07) is 22.5. The highest BCUT2D eigenvalue weighted by molar-refractivity contribution is 7.80. The lowest BCUT2D eigenvalue weighted by molar-refractivity contribution is 0.0977. The van der Waals surface area contributed by atoms with E-state index in [1.54, 1.807) is 24.3 Å². The molecule has 0 aliphatic rings. The van der Waals surface area contributed by atoms with Gasteiger partial charge in [0.2, 0.25) is 0 Å². The summed E-state index contributed by atoms with van der Waals surface area (Å²) in [5.41, 5.74) is 3.53. The number of carbonyl (C=O) groups is 1. The predicted octanol–water partition coefficient (Wildman–Crippen LogP) is 4.89. The van der Waals surface area contributed by atoms with E-state index in [2.05, 4.69) is 10.6 Å². The van der Waals surface area contributed by atoms with Gasteiger partial charge in [-0.3, -0.25) is 10.1 Å². The number of para-hydroxylation sites is 1. The Balaban J connectivity index is 1.46. The molecule has 1 amide bonds. The van der Waals surface area contributed by atoms with E-state index in [1.165, 1.54) is 0 Å². The Bertz CT molecular complexity index is 1000. The molecule has 0 fully saturated rings. The van der Waals surface area contributed by atoms with E-state index >= 15 is 0 Å². The van der Waals surface area contributed by atoms with Crippen molar-refractivity contribution in [1.29, 1.82) is 0 Å². The maximum Gasteiger partial charge on any atom is 0.257 e. The normalized spacial score (nSPS) is 10.2. The van der Waals surface area contributed by atoms with Crippen molar-refractivity contribution in [3.8, 4) is 11.5 Å². The van der Waals surface area contributed by atoms with Crippen LogP contribution in [0.5, 0.6) is 11.5 Å². The summed E-state index contributed by atoms with van der Waals surface area (Å²) in [5.74, 6) is 1.19. The molecule has 0 bridgehead atoms. The third-order valence-corrected chi connectivity index (χ3v) is 4.55. The molecule has 6 heteroatoms. The lowest BCUT2D eigenvalue weighted by Gasteiger charge is -2.13. The first-order valence-corrected chi connectivity index (χ1v) is 10.0. The molecule has 154 valence electrons. The molecule has 0 spiro atoms. The van der Waals surface area contributed by atoms with Crippen LogP contribution < -0.4 is 20.1 Å². The van der Waals surface area contributed by atoms with Crippen LogP contribution in [-0.2, 0) is 0 Å². The molecule has 0 aliphatic carbocycles. The molecule has 3 aromatic carbocycles. The maximum atomic E-state index is 12.4.